The maximum absolute atomic E-state index is 11.7. The monoisotopic (exact) mass is 238 g/mol. The first kappa shape index (κ1) is 13.0. The summed E-state index contributed by atoms with van der Waals surface area (Å²) in [5, 5.41) is 8.59. The first-order valence-corrected chi connectivity index (χ1v) is 4.96. The minimum Gasteiger partial charge on any atom is -0.478 e. The van der Waals surface area contributed by atoms with Gasteiger partial charge in [-0.2, -0.15) is 0 Å². The third-order valence-electron chi connectivity index (χ3n) is 2.06. The zero-order valence-electron chi connectivity index (χ0n) is 9.93. The molecule has 6 heteroatoms. The van der Waals surface area contributed by atoms with Gasteiger partial charge in [0.15, 0.2) is 0 Å². The number of ether oxygens (including phenoxy) is 1. The maximum atomic E-state index is 11.7. The van der Waals surface area contributed by atoms with Crippen LogP contribution in [0.3, 0.4) is 0 Å². The quantitative estimate of drug-likeness (QED) is 0.776. The number of carboxylic acids is 1. The molecule has 0 aromatic carbocycles. The number of aromatic nitrogens is 2. The Labute approximate surface area is 98.2 Å². The van der Waals surface area contributed by atoms with Gasteiger partial charge in [-0.05, 0) is 19.4 Å². The Bertz CT molecular complexity index is 517. The van der Waals surface area contributed by atoms with Crippen molar-refractivity contribution >= 4 is 5.97 Å². The highest BCUT2D eigenvalue weighted by molar-refractivity contribution is 5.80. The van der Waals surface area contributed by atoms with E-state index in [0.29, 0.717) is 11.3 Å². The second-order valence-electron chi connectivity index (χ2n) is 3.64. The Hall–Kier alpha value is -2.11. The molecule has 0 unspecified atom stereocenters. The normalized spacial score (nSPS) is 11.4. The molecule has 0 aliphatic heterocycles. The Morgan fingerprint density at radius 2 is 2.29 bits per heavy atom. The molecule has 0 saturated heterocycles. The second-order valence-corrected chi connectivity index (χ2v) is 3.64. The molecular weight excluding hydrogens is 224 g/mol. The van der Waals surface area contributed by atoms with Gasteiger partial charge >= 0.3 is 5.97 Å². The van der Waals surface area contributed by atoms with Crippen LogP contribution >= 0.6 is 0 Å². The summed E-state index contributed by atoms with van der Waals surface area (Å²) in [6.45, 7) is 3.45. The average molecular weight is 238 g/mol. The summed E-state index contributed by atoms with van der Waals surface area (Å²) >= 11 is 0. The number of methoxy groups -OCH3 is 1. The van der Waals surface area contributed by atoms with Crippen molar-refractivity contribution in [2.45, 2.75) is 20.4 Å². The number of rotatable bonds is 4. The fourth-order valence-corrected chi connectivity index (χ4v) is 1.40. The van der Waals surface area contributed by atoms with E-state index in [2.05, 4.69) is 4.98 Å². The zero-order valence-corrected chi connectivity index (χ0v) is 9.93. The largest absolute Gasteiger partial charge is 0.478 e. The Morgan fingerprint density at radius 1 is 1.65 bits per heavy atom. The summed E-state index contributed by atoms with van der Waals surface area (Å²) in [7, 11) is 1.41. The molecular formula is C11H14N2O4. The Balaban J connectivity index is 3.14. The van der Waals surface area contributed by atoms with Crippen LogP contribution in [-0.2, 0) is 11.3 Å². The minimum atomic E-state index is -1.05. The van der Waals surface area contributed by atoms with Gasteiger partial charge < -0.3 is 9.84 Å². The standard InChI is InChI=1S/C11H14N2O4/c1-7(4-10(15)16)6-13-9(14)5-8(2)12-11(13)17-3/h4-5H,6H2,1-3H3,(H,15,16). The van der Waals surface area contributed by atoms with Crippen molar-refractivity contribution < 1.29 is 14.6 Å². The van der Waals surface area contributed by atoms with Crippen LogP contribution in [0.25, 0.3) is 0 Å². The van der Waals surface area contributed by atoms with Crippen LogP contribution in [0, 0.1) is 6.92 Å². The molecule has 92 valence electrons. The summed E-state index contributed by atoms with van der Waals surface area (Å²) in [5.41, 5.74) is 0.819. The van der Waals surface area contributed by atoms with Crippen LogP contribution in [0.1, 0.15) is 12.6 Å². The number of nitrogens with zero attached hydrogens (tertiary/aromatic N) is 2. The highest BCUT2D eigenvalue weighted by atomic mass is 16.5. The van der Waals surface area contributed by atoms with Gasteiger partial charge in [0.1, 0.15) is 0 Å². The van der Waals surface area contributed by atoms with E-state index in [-0.39, 0.29) is 18.1 Å². The van der Waals surface area contributed by atoms with Crippen molar-refractivity contribution in [3.05, 3.63) is 33.8 Å². The van der Waals surface area contributed by atoms with E-state index in [0.717, 1.165) is 6.08 Å². The molecule has 0 bridgehead atoms. The highest BCUT2D eigenvalue weighted by Crippen LogP contribution is 2.07. The van der Waals surface area contributed by atoms with Gasteiger partial charge in [-0.15, -0.1) is 0 Å². The molecule has 0 aliphatic carbocycles. The molecule has 0 amide bonds. The number of aryl methyl sites for hydroxylation is 1. The minimum absolute atomic E-state index is 0.140. The fraction of sp³-hybridized carbons (Fsp3) is 0.364. The zero-order chi connectivity index (χ0) is 13.0. The van der Waals surface area contributed by atoms with Crippen molar-refractivity contribution in [3.63, 3.8) is 0 Å². The molecule has 1 aromatic rings. The van der Waals surface area contributed by atoms with Gasteiger partial charge in [-0.25, -0.2) is 9.78 Å². The number of carboxylic acid groups (broad SMARTS) is 1. The number of carbonyl (C=O) groups is 1. The molecule has 17 heavy (non-hydrogen) atoms. The third kappa shape index (κ3) is 3.44. The maximum Gasteiger partial charge on any atom is 0.328 e. The van der Waals surface area contributed by atoms with Gasteiger partial charge in [-0.3, -0.25) is 9.36 Å². The van der Waals surface area contributed by atoms with Crippen LogP contribution < -0.4 is 10.3 Å². The highest BCUT2D eigenvalue weighted by Gasteiger charge is 2.08. The van der Waals surface area contributed by atoms with E-state index in [9.17, 15) is 9.59 Å². The molecule has 1 N–H and O–H groups in total. The van der Waals surface area contributed by atoms with Gasteiger partial charge in [0.25, 0.3) is 11.6 Å². The van der Waals surface area contributed by atoms with Crippen molar-refractivity contribution in [1.29, 1.82) is 0 Å². The lowest BCUT2D eigenvalue weighted by Gasteiger charge is -2.10. The predicted molar refractivity (Wildman–Crippen MR) is 61.2 cm³/mol. The molecule has 1 rings (SSSR count). The lowest BCUT2D eigenvalue weighted by Crippen LogP contribution is -2.23. The van der Waals surface area contributed by atoms with Crippen LogP contribution in [0.2, 0.25) is 0 Å². The van der Waals surface area contributed by atoms with Crippen LogP contribution in [0.5, 0.6) is 6.01 Å². The Kier molecular flexibility index (Phi) is 4.03. The summed E-state index contributed by atoms with van der Waals surface area (Å²) in [6.07, 6.45) is 1.05. The van der Waals surface area contributed by atoms with E-state index in [1.807, 2.05) is 0 Å². The first-order valence-electron chi connectivity index (χ1n) is 4.96. The summed E-state index contributed by atoms with van der Waals surface area (Å²) < 4.78 is 6.27. The van der Waals surface area contributed by atoms with Crippen molar-refractivity contribution in [2.24, 2.45) is 0 Å². The SMILES string of the molecule is COc1nc(C)cc(=O)n1CC(C)=CC(=O)O. The lowest BCUT2D eigenvalue weighted by molar-refractivity contribution is -0.131. The molecule has 1 heterocycles. The third-order valence-corrected chi connectivity index (χ3v) is 2.06. The summed E-state index contributed by atoms with van der Waals surface area (Å²) in [4.78, 5) is 26.2. The number of allylic oxidation sites excluding steroid dienone is 1. The van der Waals surface area contributed by atoms with Gasteiger partial charge in [0.2, 0.25) is 0 Å². The summed E-state index contributed by atoms with van der Waals surface area (Å²) in [5.74, 6) is -1.05. The van der Waals surface area contributed by atoms with Crippen LogP contribution in [0.4, 0.5) is 0 Å². The van der Waals surface area contributed by atoms with Crippen LogP contribution in [-0.4, -0.2) is 27.7 Å². The second kappa shape index (κ2) is 5.29. The van der Waals surface area contributed by atoms with E-state index >= 15 is 0 Å². The number of hydrogen-bond acceptors (Lipinski definition) is 4. The molecule has 6 nitrogen and oxygen atoms in total. The van der Waals surface area contributed by atoms with Gasteiger partial charge in [0, 0.05) is 17.8 Å². The number of aliphatic carboxylic acids is 1. The topological polar surface area (TPSA) is 81.4 Å². The van der Waals surface area contributed by atoms with E-state index in [1.165, 1.54) is 17.7 Å². The van der Waals surface area contributed by atoms with E-state index in [1.54, 1.807) is 13.8 Å². The van der Waals surface area contributed by atoms with Crippen LogP contribution in [0.15, 0.2) is 22.5 Å². The van der Waals surface area contributed by atoms with Gasteiger partial charge in [0.05, 0.1) is 13.7 Å². The summed E-state index contributed by atoms with van der Waals surface area (Å²) in [6, 6.07) is 1.55. The molecule has 0 fully saturated rings. The molecule has 0 atom stereocenters. The van der Waals surface area contributed by atoms with E-state index < -0.39 is 5.97 Å². The van der Waals surface area contributed by atoms with Crippen molar-refractivity contribution in [2.75, 3.05) is 7.11 Å². The fourth-order valence-electron chi connectivity index (χ4n) is 1.40. The van der Waals surface area contributed by atoms with Crippen molar-refractivity contribution in [1.82, 2.24) is 9.55 Å². The van der Waals surface area contributed by atoms with E-state index in [4.69, 9.17) is 9.84 Å². The van der Waals surface area contributed by atoms with Gasteiger partial charge in [-0.1, -0.05) is 0 Å². The van der Waals surface area contributed by atoms with Crippen molar-refractivity contribution in [3.8, 4) is 6.01 Å². The lowest BCUT2D eigenvalue weighted by atomic mass is 10.3. The molecule has 1 aromatic heterocycles. The smallest absolute Gasteiger partial charge is 0.328 e. The number of hydrogen-bond donors (Lipinski definition) is 1. The molecule has 0 spiro atoms. The molecule has 0 saturated carbocycles. The molecule has 0 radical (unpaired) electrons. The average Bonchev–Trinajstić information content (AvgIpc) is 2.20. The first-order chi connectivity index (χ1) is 7.93. The Morgan fingerprint density at radius 3 is 2.82 bits per heavy atom. The molecule has 0 aliphatic rings. The predicted octanol–water partition coefficient (Wildman–Crippen LogP) is 0.591.